The molecule has 18 heavy (non-hydrogen) atoms. The Morgan fingerprint density at radius 2 is 1.78 bits per heavy atom. The van der Waals surface area contributed by atoms with E-state index in [4.69, 9.17) is 0 Å². The summed E-state index contributed by atoms with van der Waals surface area (Å²) in [5, 5.41) is 0. The highest BCUT2D eigenvalue weighted by Gasteiger charge is 2.28. The van der Waals surface area contributed by atoms with Crippen molar-refractivity contribution >= 4 is 0 Å². The van der Waals surface area contributed by atoms with E-state index in [2.05, 4.69) is 30.5 Å². The molecule has 0 radical (unpaired) electrons. The highest BCUT2D eigenvalue weighted by atomic mass is 19.4. The topological polar surface area (TPSA) is 22.1 Å². The van der Waals surface area contributed by atoms with Crippen LogP contribution in [0.5, 0.6) is 5.88 Å². The first-order valence-electron chi connectivity index (χ1n) is 5.73. The quantitative estimate of drug-likeness (QED) is 0.822. The molecule has 0 aliphatic carbocycles. The Balaban J connectivity index is 2.81. The van der Waals surface area contributed by atoms with Crippen molar-refractivity contribution in [1.29, 1.82) is 0 Å². The number of ether oxygens (including phenoxy) is 1. The molecule has 0 N–H and O–H groups in total. The molecule has 0 amide bonds. The van der Waals surface area contributed by atoms with Gasteiger partial charge < -0.3 is 4.74 Å². The van der Waals surface area contributed by atoms with Crippen molar-refractivity contribution in [2.75, 3.05) is 6.61 Å². The van der Waals surface area contributed by atoms with Gasteiger partial charge >= 0.3 is 6.18 Å². The van der Waals surface area contributed by atoms with Gasteiger partial charge in [-0.2, -0.15) is 13.2 Å². The fourth-order valence-corrected chi connectivity index (χ4v) is 1.47. The number of aryl methyl sites for hydroxylation is 1. The average Bonchev–Trinajstić information content (AvgIpc) is 2.16. The normalized spacial score (nSPS) is 12.6. The molecule has 1 aromatic heterocycles. The number of pyridine rings is 1. The molecule has 2 nitrogen and oxygen atoms in total. The van der Waals surface area contributed by atoms with Gasteiger partial charge in [0.25, 0.3) is 0 Å². The van der Waals surface area contributed by atoms with Gasteiger partial charge in [-0.15, -0.1) is 0 Å². The maximum atomic E-state index is 12.0. The Hall–Kier alpha value is -1.26. The fourth-order valence-electron chi connectivity index (χ4n) is 1.47. The van der Waals surface area contributed by atoms with Crippen LogP contribution in [0.25, 0.3) is 0 Å². The summed E-state index contributed by atoms with van der Waals surface area (Å²) >= 11 is 0. The van der Waals surface area contributed by atoms with E-state index < -0.39 is 12.8 Å². The number of rotatable bonds is 3. The summed E-state index contributed by atoms with van der Waals surface area (Å²) in [6.07, 6.45) is -3.64. The van der Waals surface area contributed by atoms with Gasteiger partial charge in [0.1, 0.15) is 0 Å². The Morgan fingerprint density at radius 3 is 2.28 bits per heavy atom. The minimum absolute atomic E-state index is 0.0252. The van der Waals surface area contributed by atoms with E-state index in [-0.39, 0.29) is 11.3 Å². The number of hydrogen-bond donors (Lipinski definition) is 0. The number of alkyl halides is 3. The molecule has 1 heterocycles. The van der Waals surface area contributed by atoms with Crippen molar-refractivity contribution in [2.45, 2.75) is 40.3 Å². The molecule has 0 saturated heterocycles. The van der Waals surface area contributed by atoms with Crippen LogP contribution in [0.1, 0.15) is 32.0 Å². The van der Waals surface area contributed by atoms with Crippen LogP contribution in [-0.4, -0.2) is 17.8 Å². The maximum absolute atomic E-state index is 12.0. The Labute approximate surface area is 105 Å². The molecule has 1 aromatic rings. The summed E-state index contributed by atoms with van der Waals surface area (Å²) < 4.78 is 40.8. The van der Waals surface area contributed by atoms with Gasteiger partial charge in [-0.1, -0.05) is 26.8 Å². The van der Waals surface area contributed by atoms with Crippen LogP contribution in [0.2, 0.25) is 0 Å². The summed E-state index contributed by atoms with van der Waals surface area (Å²) in [6.45, 7) is 6.74. The molecule has 0 bridgehead atoms. The first-order valence-corrected chi connectivity index (χ1v) is 5.73. The van der Waals surface area contributed by atoms with Gasteiger partial charge in [0.2, 0.25) is 5.88 Å². The van der Waals surface area contributed by atoms with E-state index in [1.165, 1.54) is 6.07 Å². The van der Waals surface area contributed by atoms with Crippen LogP contribution in [0.3, 0.4) is 0 Å². The van der Waals surface area contributed by atoms with Gasteiger partial charge in [-0.05, 0) is 24.3 Å². The zero-order valence-electron chi connectivity index (χ0n) is 11.1. The molecule has 1 rings (SSSR count). The Bertz CT molecular complexity index is 408. The lowest BCUT2D eigenvalue weighted by Crippen LogP contribution is -2.20. The third kappa shape index (κ3) is 5.38. The largest absolute Gasteiger partial charge is 0.468 e. The zero-order valence-corrected chi connectivity index (χ0v) is 11.1. The van der Waals surface area contributed by atoms with Gasteiger partial charge in [0, 0.05) is 11.8 Å². The second-order valence-electron chi connectivity index (χ2n) is 5.55. The van der Waals surface area contributed by atoms with Crippen molar-refractivity contribution in [3.8, 4) is 5.88 Å². The molecule has 0 spiro atoms. The lowest BCUT2D eigenvalue weighted by molar-refractivity contribution is -0.154. The van der Waals surface area contributed by atoms with Crippen molar-refractivity contribution < 1.29 is 17.9 Å². The van der Waals surface area contributed by atoms with Crippen LogP contribution in [0.15, 0.2) is 12.1 Å². The summed E-state index contributed by atoms with van der Waals surface area (Å²) in [4.78, 5) is 4.14. The lowest BCUT2D eigenvalue weighted by atomic mass is 9.89. The average molecular weight is 261 g/mol. The molecule has 0 fully saturated rings. The number of halogens is 3. The third-order valence-electron chi connectivity index (χ3n) is 2.26. The van der Waals surface area contributed by atoms with E-state index in [9.17, 15) is 13.2 Å². The van der Waals surface area contributed by atoms with Gasteiger partial charge in [0.05, 0.1) is 0 Å². The third-order valence-corrected chi connectivity index (χ3v) is 2.26. The van der Waals surface area contributed by atoms with E-state index in [0.29, 0.717) is 6.42 Å². The SMILES string of the molecule is Cc1ccc(OCC(F)(F)F)nc1CC(C)(C)C. The van der Waals surface area contributed by atoms with Crippen LogP contribution >= 0.6 is 0 Å². The zero-order chi connectivity index (χ0) is 14.0. The highest BCUT2D eigenvalue weighted by Crippen LogP contribution is 2.24. The first kappa shape index (κ1) is 14.8. The molecule has 5 heteroatoms. The molecular weight excluding hydrogens is 243 g/mol. The molecule has 0 aromatic carbocycles. The Kier molecular flexibility index (Phi) is 4.24. The molecule has 0 unspecified atom stereocenters. The predicted octanol–water partition coefficient (Wildman–Crippen LogP) is 3.92. The summed E-state index contributed by atoms with van der Waals surface area (Å²) in [7, 11) is 0. The van der Waals surface area contributed by atoms with Crippen LogP contribution in [0.4, 0.5) is 13.2 Å². The predicted molar refractivity (Wildman–Crippen MR) is 63.7 cm³/mol. The maximum Gasteiger partial charge on any atom is 0.422 e. The smallest absolute Gasteiger partial charge is 0.422 e. The molecule has 0 aliphatic heterocycles. The summed E-state index contributed by atoms with van der Waals surface area (Å²) in [5.41, 5.74) is 1.77. The molecule has 102 valence electrons. The van der Waals surface area contributed by atoms with Crippen molar-refractivity contribution in [2.24, 2.45) is 5.41 Å². The van der Waals surface area contributed by atoms with E-state index in [1.807, 2.05) is 6.92 Å². The van der Waals surface area contributed by atoms with Gasteiger partial charge in [0.15, 0.2) is 6.61 Å². The van der Waals surface area contributed by atoms with Crippen LogP contribution < -0.4 is 4.74 Å². The summed E-state index contributed by atoms with van der Waals surface area (Å²) in [5.74, 6) is 0.0252. The van der Waals surface area contributed by atoms with Gasteiger partial charge in [-0.25, -0.2) is 4.98 Å². The van der Waals surface area contributed by atoms with Crippen LogP contribution in [-0.2, 0) is 6.42 Å². The second kappa shape index (κ2) is 5.16. The lowest BCUT2D eigenvalue weighted by Gasteiger charge is -2.19. The summed E-state index contributed by atoms with van der Waals surface area (Å²) in [6, 6.07) is 3.20. The number of aromatic nitrogens is 1. The van der Waals surface area contributed by atoms with E-state index >= 15 is 0 Å². The van der Waals surface area contributed by atoms with Crippen molar-refractivity contribution in [3.05, 3.63) is 23.4 Å². The number of hydrogen-bond acceptors (Lipinski definition) is 2. The van der Waals surface area contributed by atoms with Crippen LogP contribution in [0, 0.1) is 12.3 Å². The highest BCUT2D eigenvalue weighted by molar-refractivity contribution is 5.25. The first-order chi connectivity index (χ1) is 8.07. The number of nitrogens with zero attached hydrogens (tertiary/aromatic N) is 1. The molecule has 0 saturated carbocycles. The standard InChI is InChI=1S/C13H18F3NO/c1-9-5-6-11(18-8-13(14,15)16)17-10(9)7-12(2,3)4/h5-6H,7-8H2,1-4H3. The van der Waals surface area contributed by atoms with Gasteiger partial charge in [-0.3, -0.25) is 0 Å². The Morgan fingerprint density at radius 1 is 1.17 bits per heavy atom. The van der Waals surface area contributed by atoms with Crippen molar-refractivity contribution in [1.82, 2.24) is 4.98 Å². The molecule has 0 atom stereocenters. The second-order valence-corrected chi connectivity index (χ2v) is 5.55. The molecular formula is C13H18F3NO. The van der Waals surface area contributed by atoms with Crippen molar-refractivity contribution in [3.63, 3.8) is 0 Å². The van der Waals surface area contributed by atoms with E-state index in [1.54, 1.807) is 6.07 Å². The molecule has 0 aliphatic rings. The van der Waals surface area contributed by atoms with E-state index in [0.717, 1.165) is 11.3 Å². The fraction of sp³-hybridized carbons (Fsp3) is 0.615. The minimum atomic E-state index is -4.34. The minimum Gasteiger partial charge on any atom is -0.468 e. The monoisotopic (exact) mass is 261 g/mol.